The zero-order valence-electron chi connectivity index (χ0n) is 11.7. The summed E-state index contributed by atoms with van der Waals surface area (Å²) in [6.45, 7) is 0.387. The standard InChI is InChI=1S/C16H14N4O2/c21-15-6-2-1-5-12(15)13-8-14(20-19-13)16(22)18-10-11-4-3-7-17-9-11/h1-9,21H,10H2,(H,18,22)(H,19,20). The van der Waals surface area contributed by atoms with Gasteiger partial charge in [0.2, 0.25) is 0 Å². The minimum absolute atomic E-state index is 0.122. The SMILES string of the molecule is O=C(NCc1cccnc1)c1cc(-c2ccccc2O)n[nH]1. The van der Waals surface area contributed by atoms with Gasteiger partial charge >= 0.3 is 0 Å². The molecule has 0 aliphatic rings. The second kappa shape index (κ2) is 6.09. The monoisotopic (exact) mass is 294 g/mol. The van der Waals surface area contributed by atoms with Crippen LogP contribution in [-0.2, 0) is 6.54 Å². The number of para-hydroxylation sites is 1. The Labute approximate surface area is 126 Å². The Kier molecular flexibility index (Phi) is 3.82. The molecule has 6 nitrogen and oxygen atoms in total. The lowest BCUT2D eigenvalue weighted by molar-refractivity contribution is 0.0946. The fourth-order valence-electron chi connectivity index (χ4n) is 2.05. The summed E-state index contributed by atoms with van der Waals surface area (Å²) in [5, 5.41) is 19.3. The van der Waals surface area contributed by atoms with E-state index in [4.69, 9.17) is 0 Å². The van der Waals surface area contributed by atoms with Crippen molar-refractivity contribution in [3.63, 3.8) is 0 Å². The van der Waals surface area contributed by atoms with Gasteiger partial charge in [0.15, 0.2) is 0 Å². The third-order valence-electron chi connectivity index (χ3n) is 3.18. The molecule has 0 bridgehead atoms. The summed E-state index contributed by atoms with van der Waals surface area (Å²) >= 11 is 0. The molecule has 0 aliphatic heterocycles. The van der Waals surface area contributed by atoms with E-state index in [2.05, 4.69) is 20.5 Å². The molecule has 0 saturated carbocycles. The first-order valence-corrected chi connectivity index (χ1v) is 6.75. The Morgan fingerprint density at radius 1 is 1.23 bits per heavy atom. The number of hydrogen-bond donors (Lipinski definition) is 3. The number of aromatic hydroxyl groups is 1. The first-order valence-electron chi connectivity index (χ1n) is 6.75. The van der Waals surface area contributed by atoms with E-state index in [1.807, 2.05) is 12.1 Å². The maximum atomic E-state index is 12.1. The van der Waals surface area contributed by atoms with Crippen LogP contribution in [0.25, 0.3) is 11.3 Å². The molecule has 0 spiro atoms. The Bertz CT molecular complexity index is 784. The Morgan fingerprint density at radius 2 is 2.09 bits per heavy atom. The van der Waals surface area contributed by atoms with Crippen molar-refractivity contribution in [2.24, 2.45) is 0 Å². The number of aromatic nitrogens is 3. The Morgan fingerprint density at radius 3 is 2.86 bits per heavy atom. The van der Waals surface area contributed by atoms with Crippen LogP contribution in [0.5, 0.6) is 5.75 Å². The highest BCUT2D eigenvalue weighted by Gasteiger charge is 2.12. The zero-order chi connectivity index (χ0) is 15.4. The number of phenolic OH excluding ortho intramolecular Hbond substituents is 1. The number of pyridine rings is 1. The van der Waals surface area contributed by atoms with Gasteiger partial charge in [0.05, 0.1) is 5.69 Å². The van der Waals surface area contributed by atoms with Crippen molar-refractivity contribution in [3.05, 3.63) is 66.1 Å². The van der Waals surface area contributed by atoms with Gasteiger partial charge in [-0.2, -0.15) is 5.10 Å². The molecule has 0 fully saturated rings. The maximum Gasteiger partial charge on any atom is 0.269 e. The summed E-state index contributed by atoms with van der Waals surface area (Å²) in [6.07, 6.45) is 3.37. The predicted octanol–water partition coefficient (Wildman–Crippen LogP) is 2.11. The highest BCUT2D eigenvalue weighted by Crippen LogP contribution is 2.27. The molecule has 22 heavy (non-hydrogen) atoms. The molecule has 110 valence electrons. The van der Waals surface area contributed by atoms with E-state index >= 15 is 0 Å². The number of phenols is 1. The van der Waals surface area contributed by atoms with E-state index in [9.17, 15) is 9.90 Å². The summed E-state index contributed by atoms with van der Waals surface area (Å²) in [4.78, 5) is 16.1. The number of nitrogens with one attached hydrogen (secondary N) is 2. The van der Waals surface area contributed by atoms with Crippen molar-refractivity contribution in [1.82, 2.24) is 20.5 Å². The number of carbonyl (C=O) groups is 1. The van der Waals surface area contributed by atoms with Crippen molar-refractivity contribution in [2.45, 2.75) is 6.54 Å². The predicted molar refractivity (Wildman–Crippen MR) is 81.1 cm³/mol. The molecule has 0 atom stereocenters. The van der Waals surface area contributed by atoms with Gasteiger partial charge in [-0.05, 0) is 29.8 Å². The van der Waals surface area contributed by atoms with Crippen molar-refractivity contribution >= 4 is 5.91 Å². The highest BCUT2D eigenvalue weighted by atomic mass is 16.3. The molecule has 3 N–H and O–H groups in total. The van der Waals surface area contributed by atoms with Crippen molar-refractivity contribution in [2.75, 3.05) is 0 Å². The third kappa shape index (κ3) is 2.95. The number of amides is 1. The number of aromatic amines is 1. The van der Waals surface area contributed by atoms with Crippen LogP contribution in [0.15, 0.2) is 54.9 Å². The first-order chi connectivity index (χ1) is 10.7. The van der Waals surface area contributed by atoms with Gasteiger partial charge in [0, 0.05) is 24.5 Å². The second-order valence-electron chi connectivity index (χ2n) is 4.73. The summed E-state index contributed by atoms with van der Waals surface area (Å²) in [5.74, 6) is -0.144. The zero-order valence-corrected chi connectivity index (χ0v) is 11.7. The minimum atomic E-state index is -0.266. The highest BCUT2D eigenvalue weighted by molar-refractivity contribution is 5.93. The molecular weight excluding hydrogens is 280 g/mol. The largest absolute Gasteiger partial charge is 0.507 e. The first kappa shape index (κ1) is 13.8. The number of nitrogens with zero attached hydrogens (tertiary/aromatic N) is 2. The summed E-state index contributed by atoms with van der Waals surface area (Å²) in [6, 6.07) is 12.1. The number of carbonyl (C=O) groups excluding carboxylic acids is 1. The number of H-pyrrole nitrogens is 1. The van der Waals surface area contributed by atoms with E-state index in [-0.39, 0.29) is 11.7 Å². The van der Waals surface area contributed by atoms with Gasteiger partial charge in [-0.15, -0.1) is 0 Å². The van der Waals surface area contributed by atoms with Gasteiger partial charge in [-0.1, -0.05) is 18.2 Å². The van der Waals surface area contributed by atoms with Crippen LogP contribution in [0.3, 0.4) is 0 Å². The van der Waals surface area contributed by atoms with Crippen molar-refractivity contribution in [3.8, 4) is 17.0 Å². The van der Waals surface area contributed by atoms with Crippen LogP contribution < -0.4 is 5.32 Å². The van der Waals surface area contributed by atoms with E-state index in [1.165, 1.54) is 0 Å². The molecule has 0 aliphatic carbocycles. The number of rotatable bonds is 4. The van der Waals surface area contributed by atoms with Crippen molar-refractivity contribution in [1.29, 1.82) is 0 Å². The minimum Gasteiger partial charge on any atom is -0.507 e. The summed E-state index contributed by atoms with van der Waals surface area (Å²) < 4.78 is 0. The lowest BCUT2D eigenvalue weighted by Gasteiger charge is -2.02. The van der Waals surface area contributed by atoms with E-state index < -0.39 is 0 Å². The molecule has 1 aromatic carbocycles. The fraction of sp³-hybridized carbons (Fsp3) is 0.0625. The van der Waals surface area contributed by atoms with Gasteiger partial charge < -0.3 is 10.4 Å². The third-order valence-corrected chi connectivity index (χ3v) is 3.18. The molecule has 6 heteroatoms. The molecule has 0 unspecified atom stereocenters. The van der Waals surface area contributed by atoms with E-state index in [1.54, 1.807) is 42.7 Å². The quantitative estimate of drug-likeness (QED) is 0.687. The summed E-state index contributed by atoms with van der Waals surface area (Å²) in [7, 11) is 0. The van der Waals surface area contributed by atoms with Gasteiger partial charge in [0.1, 0.15) is 11.4 Å². The fourth-order valence-corrected chi connectivity index (χ4v) is 2.05. The molecule has 2 aromatic heterocycles. The van der Waals surface area contributed by atoms with Crippen LogP contribution in [0.4, 0.5) is 0 Å². The molecule has 0 radical (unpaired) electrons. The van der Waals surface area contributed by atoms with Crippen molar-refractivity contribution < 1.29 is 9.90 Å². The van der Waals surface area contributed by atoms with Crippen LogP contribution >= 0.6 is 0 Å². The second-order valence-corrected chi connectivity index (χ2v) is 4.73. The van der Waals surface area contributed by atoms with Gasteiger partial charge in [-0.25, -0.2) is 0 Å². The average Bonchev–Trinajstić information content (AvgIpc) is 3.04. The number of hydrogen-bond acceptors (Lipinski definition) is 4. The van der Waals surface area contributed by atoms with Crippen LogP contribution in [0.1, 0.15) is 16.1 Å². The Balaban J connectivity index is 1.71. The van der Waals surface area contributed by atoms with Crippen LogP contribution in [0.2, 0.25) is 0 Å². The molecule has 3 rings (SSSR count). The lowest BCUT2D eigenvalue weighted by atomic mass is 10.1. The van der Waals surface area contributed by atoms with Gasteiger partial charge in [-0.3, -0.25) is 14.9 Å². The molecule has 3 aromatic rings. The molecular formula is C16H14N4O2. The molecule has 1 amide bonds. The topological polar surface area (TPSA) is 90.9 Å². The smallest absolute Gasteiger partial charge is 0.269 e. The molecule has 0 saturated heterocycles. The van der Waals surface area contributed by atoms with Gasteiger partial charge in [0.25, 0.3) is 5.91 Å². The van der Waals surface area contributed by atoms with Crippen LogP contribution in [-0.4, -0.2) is 26.2 Å². The summed E-state index contributed by atoms with van der Waals surface area (Å²) in [5.41, 5.74) is 2.34. The normalized spacial score (nSPS) is 10.4. The average molecular weight is 294 g/mol. The van der Waals surface area contributed by atoms with E-state index in [0.29, 0.717) is 23.5 Å². The van der Waals surface area contributed by atoms with E-state index in [0.717, 1.165) is 5.56 Å². The maximum absolute atomic E-state index is 12.1. The lowest BCUT2D eigenvalue weighted by Crippen LogP contribution is -2.23. The number of benzene rings is 1. The molecule has 2 heterocycles. The van der Waals surface area contributed by atoms with Crippen LogP contribution in [0, 0.1) is 0 Å². The Hall–Kier alpha value is -3.15.